The minimum Gasteiger partial charge on any atom is -0.633 e. The van der Waals surface area contributed by atoms with Crippen LogP contribution < -0.4 is 10.5 Å². The SMILES string of the molecule is CNOC[NH+](C)[O-]. The van der Waals surface area contributed by atoms with Crippen LogP contribution in [0, 0.1) is 5.21 Å². The van der Waals surface area contributed by atoms with Gasteiger partial charge in [-0.05, 0) is 0 Å². The Balaban J connectivity index is 2.68. The molecule has 0 aromatic carbocycles. The van der Waals surface area contributed by atoms with Crippen molar-refractivity contribution >= 4 is 0 Å². The van der Waals surface area contributed by atoms with Gasteiger partial charge in [0.1, 0.15) is 0 Å². The van der Waals surface area contributed by atoms with Crippen molar-refractivity contribution in [3.8, 4) is 0 Å². The largest absolute Gasteiger partial charge is 0.633 e. The number of hydroxylamine groups is 3. The second-order valence-corrected chi connectivity index (χ2v) is 1.19. The molecule has 0 bridgehead atoms. The summed E-state index contributed by atoms with van der Waals surface area (Å²) in [5.41, 5.74) is 2.38. The minimum absolute atomic E-state index is 0.0225. The van der Waals surface area contributed by atoms with Crippen molar-refractivity contribution in [2.24, 2.45) is 0 Å². The molecule has 0 saturated heterocycles. The zero-order chi connectivity index (χ0) is 5.70. The molecular formula is C3H10N2O2. The van der Waals surface area contributed by atoms with Crippen molar-refractivity contribution in [3.63, 3.8) is 0 Å². The van der Waals surface area contributed by atoms with Crippen molar-refractivity contribution in [2.45, 2.75) is 0 Å². The van der Waals surface area contributed by atoms with Crippen molar-refractivity contribution in [2.75, 3.05) is 20.8 Å². The monoisotopic (exact) mass is 106 g/mol. The van der Waals surface area contributed by atoms with Crippen LogP contribution in [0.15, 0.2) is 0 Å². The topological polar surface area (TPSA) is 48.8 Å². The molecule has 0 fully saturated rings. The van der Waals surface area contributed by atoms with Gasteiger partial charge < -0.3 is 10.3 Å². The van der Waals surface area contributed by atoms with Crippen LogP contribution in [-0.2, 0) is 4.84 Å². The quantitative estimate of drug-likeness (QED) is 0.326. The maximum Gasteiger partial charge on any atom is 0.199 e. The van der Waals surface area contributed by atoms with Gasteiger partial charge in [0.25, 0.3) is 0 Å². The Kier molecular flexibility index (Phi) is 3.92. The van der Waals surface area contributed by atoms with Gasteiger partial charge in [-0.3, -0.25) is 0 Å². The van der Waals surface area contributed by atoms with Gasteiger partial charge in [-0.15, -0.1) is 0 Å². The second kappa shape index (κ2) is 4.01. The lowest BCUT2D eigenvalue weighted by Crippen LogP contribution is -3.04. The molecule has 0 heterocycles. The van der Waals surface area contributed by atoms with E-state index in [1.54, 1.807) is 7.05 Å². The summed E-state index contributed by atoms with van der Waals surface area (Å²) in [5.74, 6) is 0. The molecule has 0 aliphatic carbocycles. The summed E-state index contributed by atoms with van der Waals surface area (Å²) >= 11 is 0. The molecule has 4 nitrogen and oxygen atoms in total. The molecule has 44 valence electrons. The number of nitrogens with one attached hydrogen (secondary N) is 2. The van der Waals surface area contributed by atoms with Crippen molar-refractivity contribution in [3.05, 3.63) is 5.21 Å². The van der Waals surface area contributed by atoms with Crippen LogP contribution in [0.1, 0.15) is 0 Å². The molecule has 0 rings (SSSR count). The molecule has 0 radical (unpaired) electrons. The third-order valence-corrected chi connectivity index (χ3v) is 0.420. The Labute approximate surface area is 42.6 Å². The van der Waals surface area contributed by atoms with Crippen LogP contribution in [-0.4, -0.2) is 20.8 Å². The van der Waals surface area contributed by atoms with E-state index in [9.17, 15) is 5.21 Å². The third kappa shape index (κ3) is 5.84. The van der Waals surface area contributed by atoms with E-state index in [1.807, 2.05) is 0 Å². The van der Waals surface area contributed by atoms with Crippen LogP contribution in [0.25, 0.3) is 0 Å². The molecule has 0 aromatic heterocycles. The smallest absolute Gasteiger partial charge is 0.199 e. The first-order valence-electron chi connectivity index (χ1n) is 2.05. The van der Waals surface area contributed by atoms with Gasteiger partial charge in [-0.2, -0.15) is 5.48 Å². The molecule has 0 amide bonds. The molecule has 0 saturated carbocycles. The van der Waals surface area contributed by atoms with Gasteiger partial charge >= 0.3 is 0 Å². The predicted molar refractivity (Wildman–Crippen MR) is 25.3 cm³/mol. The Morgan fingerprint density at radius 2 is 2.43 bits per heavy atom. The second-order valence-electron chi connectivity index (χ2n) is 1.19. The highest BCUT2D eigenvalue weighted by atomic mass is 16.7. The summed E-state index contributed by atoms with van der Waals surface area (Å²) in [4.78, 5) is 4.50. The first-order valence-corrected chi connectivity index (χ1v) is 2.05. The van der Waals surface area contributed by atoms with Crippen molar-refractivity contribution < 1.29 is 9.90 Å². The molecule has 4 heteroatoms. The van der Waals surface area contributed by atoms with E-state index in [-0.39, 0.29) is 11.8 Å². The summed E-state index contributed by atoms with van der Waals surface area (Å²) in [7, 11) is 3.08. The summed E-state index contributed by atoms with van der Waals surface area (Å²) < 4.78 is 0. The lowest BCUT2D eigenvalue weighted by atomic mass is 11.1. The molecule has 7 heavy (non-hydrogen) atoms. The lowest BCUT2D eigenvalue weighted by Gasteiger charge is -2.13. The van der Waals surface area contributed by atoms with Crippen LogP contribution in [0.2, 0.25) is 0 Å². The average molecular weight is 106 g/mol. The summed E-state index contributed by atoms with van der Waals surface area (Å²) in [6.45, 7) is 0.149. The number of rotatable bonds is 3. The fraction of sp³-hybridized carbons (Fsp3) is 1.00. The molecule has 0 aromatic rings. The van der Waals surface area contributed by atoms with Crippen LogP contribution in [0.5, 0.6) is 0 Å². The fourth-order valence-corrected chi connectivity index (χ4v) is 0.174. The number of hydrogen-bond acceptors (Lipinski definition) is 3. The van der Waals surface area contributed by atoms with Crippen LogP contribution in [0.4, 0.5) is 0 Å². The molecule has 2 N–H and O–H groups in total. The number of hydrogen-bond donors (Lipinski definition) is 2. The third-order valence-electron chi connectivity index (χ3n) is 0.420. The van der Waals surface area contributed by atoms with E-state index in [1.165, 1.54) is 7.05 Å². The van der Waals surface area contributed by atoms with Crippen molar-refractivity contribution in [1.82, 2.24) is 5.48 Å². The van der Waals surface area contributed by atoms with E-state index in [2.05, 4.69) is 10.3 Å². The van der Waals surface area contributed by atoms with E-state index >= 15 is 0 Å². The van der Waals surface area contributed by atoms with E-state index in [0.29, 0.717) is 0 Å². The predicted octanol–water partition coefficient (Wildman–Crippen LogP) is -1.89. The first-order chi connectivity index (χ1) is 3.27. The summed E-state index contributed by atoms with van der Waals surface area (Å²) in [5, 5.41) is 10.1. The highest BCUT2D eigenvalue weighted by Gasteiger charge is 1.80. The van der Waals surface area contributed by atoms with Crippen LogP contribution >= 0.6 is 0 Å². The Hall–Kier alpha value is -0.160. The molecular weight excluding hydrogens is 96.0 g/mol. The van der Waals surface area contributed by atoms with Gasteiger partial charge in [-0.25, -0.2) is 4.84 Å². The van der Waals surface area contributed by atoms with E-state index in [4.69, 9.17) is 0 Å². The Morgan fingerprint density at radius 3 is 2.57 bits per heavy atom. The van der Waals surface area contributed by atoms with Gasteiger partial charge in [0.2, 0.25) is 0 Å². The summed E-state index contributed by atoms with van der Waals surface area (Å²) in [6.07, 6.45) is 0. The fourth-order valence-electron chi connectivity index (χ4n) is 0.174. The molecule has 0 aliphatic heterocycles. The zero-order valence-electron chi connectivity index (χ0n) is 4.52. The van der Waals surface area contributed by atoms with E-state index < -0.39 is 0 Å². The first kappa shape index (κ1) is 6.84. The Bertz CT molecular complexity index is 39.9. The van der Waals surface area contributed by atoms with Crippen molar-refractivity contribution in [1.29, 1.82) is 0 Å². The van der Waals surface area contributed by atoms with E-state index in [0.717, 1.165) is 0 Å². The van der Waals surface area contributed by atoms with Gasteiger partial charge in [0.05, 0.1) is 7.05 Å². The van der Waals surface area contributed by atoms with Crippen LogP contribution in [0.3, 0.4) is 0 Å². The maximum absolute atomic E-state index is 10.0. The van der Waals surface area contributed by atoms with Gasteiger partial charge in [0.15, 0.2) is 6.73 Å². The Morgan fingerprint density at radius 1 is 1.86 bits per heavy atom. The molecule has 1 atom stereocenters. The van der Waals surface area contributed by atoms with Gasteiger partial charge in [-0.1, -0.05) is 0 Å². The number of quaternary nitrogens is 1. The zero-order valence-corrected chi connectivity index (χ0v) is 4.52. The lowest BCUT2D eigenvalue weighted by molar-refractivity contribution is -0.851. The highest BCUT2D eigenvalue weighted by molar-refractivity contribution is 3.97. The maximum atomic E-state index is 10.0. The highest BCUT2D eigenvalue weighted by Crippen LogP contribution is 1.44. The standard InChI is InChI=1S/C3H10N2O2/c1-4-7-3-5(2)6/h4-5H,3H2,1-2H3. The minimum atomic E-state index is 0.0225. The molecule has 1 unspecified atom stereocenters. The molecule has 0 spiro atoms. The normalized spacial score (nSPS) is 14.1. The van der Waals surface area contributed by atoms with Gasteiger partial charge in [0, 0.05) is 7.05 Å². The average Bonchev–Trinajstić information content (AvgIpc) is 1.61. The molecule has 0 aliphatic rings. The summed E-state index contributed by atoms with van der Waals surface area (Å²) in [6, 6.07) is 0.